The van der Waals surface area contributed by atoms with Gasteiger partial charge in [0.15, 0.2) is 0 Å². The monoisotopic (exact) mass is 252 g/mol. The van der Waals surface area contributed by atoms with Crippen LogP contribution < -0.4 is 0 Å². The van der Waals surface area contributed by atoms with Crippen LogP contribution in [0.5, 0.6) is 0 Å². The smallest absolute Gasteiger partial charge is 0.171 e. The highest BCUT2D eigenvalue weighted by molar-refractivity contribution is 9.08. The second-order valence-corrected chi connectivity index (χ2v) is 3.30. The molecule has 0 aliphatic heterocycles. The van der Waals surface area contributed by atoms with Crippen LogP contribution in [0.25, 0.3) is 0 Å². The molecule has 0 heterocycles. The van der Waals surface area contributed by atoms with E-state index in [1.54, 1.807) is 12.1 Å². The van der Waals surface area contributed by atoms with Crippen molar-refractivity contribution in [2.45, 2.75) is 17.9 Å². The van der Waals surface area contributed by atoms with Gasteiger partial charge in [0.25, 0.3) is 0 Å². The molecule has 0 aliphatic carbocycles. The van der Waals surface area contributed by atoms with Gasteiger partial charge in [-0.15, -0.1) is 0 Å². The molecule has 1 aromatic rings. The second kappa shape index (κ2) is 4.13. The molecule has 0 atom stereocenters. The standard InChI is InChI=1S/C9H8BrF3/c10-6-8-3-1-7(2-4-8)5-9(11,12)13/h1-4H,5-6H2. The molecule has 0 saturated heterocycles. The lowest BCUT2D eigenvalue weighted by Gasteiger charge is -2.06. The molecular weight excluding hydrogens is 245 g/mol. The van der Waals surface area contributed by atoms with Crippen LogP contribution in [-0.2, 0) is 11.8 Å². The van der Waals surface area contributed by atoms with E-state index in [-0.39, 0.29) is 0 Å². The van der Waals surface area contributed by atoms with E-state index < -0.39 is 12.6 Å². The molecule has 1 rings (SSSR count). The molecule has 0 amide bonds. The van der Waals surface area contributed by atoms with Gasteiger partial charge >= 0.3 is 6.18 Å². The van der Waals surface area contributed by atoms with Crippen LogP contribution in [-0.4, -0.2) is 6.18 Å². The van der Waals surface area contributed by atoms with Gasteiger partial charge in [0.05, 0.1) is 6.42 Å². The molecule has 0 radical (unpaired) electrons. The molecule has 0 nitrogen and oxygen atoms in total. The molecule has 0 spiro atoms. The van der Waals surface area contributed by atoms with E-state index in [0.717, 1.165) is 5.56 Å². The molecule has 1 aromatic carbocycles. The predicted octanol–water partition coefficient (Wildman–Crippen LogP) is 3.69. The molecular formula is C9H8BrF3. The Labute approximate surface area is 82.9 Å². The minimum absolute atomic E-state index is 0.303. The molecule has 0 saturated carbocycles. The molecule has 0 aromatic heterocycles. The van der Waals surface area contributed by atoms with Gasteiger partial charge in [0.2, 0.25) is 0 Å². The average molecular weight is 253 g/mol. The Morgan fingerprint density at radius 3 is 1.85 bits per heavy atom. The van der Waals surface area contributed by atoms with Crippen LogP contribution in [0.1, 0.15) is 11.1 Å². The van der Waals surface area contributed by atoms with Gasteiger partial charge in [-0.2, -0.15) is 13.2 Å². The summed E-state index contributed by atoms with van der Waals surface area (Å²) in [7, 11) is 0. The van der Waals surface area contributed by atoms with Crippen molar-refractivity contribution < 1.29 is 13.2 Å². The van der Waals surface area contributed by atoms with Crippen molar-refractivity contribution in [3.63, 3.8) is 0 Å². The molecule has 0 N–H and O–H groups in total. The van der Waals surface area contributed by atoms with Crippen molar-refractivity contribution in [2.75, 3.05) is 0 Å². The van der Waals surface area contributed by atoms with Crippen LogP contribution >= 0.6 is 15.9 Å². The summed E-state index contributed by atoms with van der Waals surface area (Å²) in [4.78, 5) is 0. The number of hydrogen-bond acceptors (Lipinski definition) is 0. The van der Waals surface area contributed by atoms with Crippen molar-refractivity contribution in [2.24, 2.45) is 0 Å². The van der Waals surface area contributed by atoms with E-state index in [4.69, 9.17) is 0 Å². The number of alkyl halides is 4. The Morgan fingerprint density at radius 2 is 1.46 bits per heavy atom. The van der Waals surface area contributed by atoms with Crippen molar-refractivity contribution in [1.29, 1.82) is 0 Å². The molecule has 13 heavy (non-hydrogen) atoms. The van der Waals surface area contributed by atoms with E-state index >= 15 is 0 Å². The van der Waals surface area contributed by atoms with E-state index in [9.17, 15) is 13.2 Å². The van der Waals surface area contributed by atoms with Crippen LogP contribution in [0.15, 0.2) is 24.3 Å². The van der Waals surface area contributed by atoms with Gasteiger partial charge in [0.1, 0.15) is 0 Å². The highest BCUT2D eigenvalue weighted by atomic mass is 79.9. The van der Waals surface area contributed by atoms with Gasteiger partial charge in [-0.3, -0.25) is 0 Å². The highest BCUT2D eigenvalue weighted by Crippen LogP contribution is 2.21. The van der Waals surface area contributed by atoms with Crippen LogP contribution in [0, 0.1) is 0 Å². The Bertz CT molecular complexity index is 263. The maximum absolute atomic E-state index is 11.9. The number of halogens is 4. The van der Waals surface area contributed by atoms with E-state index in [2.05, 4.69) is 15.9 Å². The van der Waals surface area contributed by atoms with Gasteiger partial charge in [-0.1, -0.05) is 40.2 Å². The summed E-state index contributed by atoms with van der Waals surface area (Å²) in [6.07, 6.45) is -4.97. The number of benzene rings is 1. The quantitative estimate of drug-likeness (QED) is 0.705. The summed E-state index contributed by atoms with van der Waals surface area (Å²) >= 11 is 3.22. The molecule has 0 unspecified atom stereocenters. The van der Waals surface area contributed by atoms with Crippen molar-refractivity contribution >= 4 is 15.9 Å². The minimum atomic E-state index is -4.12. The van der Waals surface area contributed by atoms with Gasteiger partial charge < -0.3 is 0 Å². The summed E-state index contributed by atoms with van der Waals surface area (Å²) in [5.74, 6) is 0. The zero-order valence-corrected chi connectivity index (χ0v) is 8.32. The Hall–Kier alpha value is -0.510. The van der Waals surface area contributed by atoms with Gasteiger partial charge in [-0.25, -0.2) is 0 Å². The fraction of sp³-hybridized carbons (Fsp3) is 0.333. The van der Waals surface area contributed by atoms with E-state index in [1.165, 1.54) is 12.1 Å². The number of hydrogen-bond donors (Lipinski definition) is 0. The lowest BCUT2D eigenvalue weighted by Crippen LogP contribution is -2.11. The Kier molecular flexibility index (Phi) is 3.36. The molecule has 72 valence electrons. The van der Waals surface area contributed by atoms with E-state index in [1.807, 2.05) is 0 Å². The topological polar surface area (TPSA) is 0 Å². The summed E-state index contributed by atoms with van der Waals surface area (Å²) < 4.78 is 35.7. The third-order valence-electron chi connectivity index (χ3n) is 1.58. The van der Waals surface area contributed by atoms with E-state index in [0.29, 0.717) is 10.9 Å². The zero-order valence-electron chi connectivity index (χ0n) is 6.74. The third kappa shape index (κ3) is 3.81. The average Bonchev–Trinajstić information content (AvgIpc) is 2.03. The summed E-state index contributed by atoms with van der Waals surface area (Å²) in [5, 5.41) is 0.666. The SMILES string of the molecule is FC(F)(F)Cc1ccc(CBr)cc1. The summed E-state index contributed by atoms with van der Waals surface area (Å²) in [6.45, 7) is 0. The zero-order chi connectivity index (χ0) is 9.90. The lowest BCUT2D eigenvalue weighted by molar-refractivity contribution is -0.127. The first-order chi connectivity index (χ1) is 6.01. The first-order valence-corrected chi connectivity index (χ1v) is 4.84. The van der Waals surface area contributed by atoms with Crippen LogP contribution in [0.3, 0.4) is 0 Å². The Morgan fingerprint density at radius 1 is 1.00 bits per heavy atom. The first kappa shape index (κ1) is 10.6. The highest BCUT2D eigenvalue weighted by Gasteiger charge is 2.27. The maximum atomic E-state index is 11.9. The summed E-state index contributed by atoms with van der Waals surface area (Å²) in [5.41, 5.74) is 1.28. The maximum Gasteiger partial charge on any atom is 0.393 e. The van der Waals surface area contributed by atoms with Crippen LogP contribution in [0.2, 0.25) is 0 Å². The van der Waals surface area contributed by atoms with Gasteiger partial charge in [0, 0.05) is 5.33 Å². The second-order valence-electron chi connectivity index (χ2n) is 2.74. The first-order valence-electron chi connectivity index (χ1n) is 3.72. The predicted molar refractivity (Wildman–Crippen MR) is 48.8 cm³/mol. The van der Waals surface area contributed by atoms with Crippen LogP contribution in [0.4, 0.5) is 13.2 Å². The number of rotatable bonds is 2. The lowest BCUT2D eigenvalue weighted by atomic mass is 10.1. The fourth-order valence-corrected chi connectivity index (χ4v) is 1.35. The minimum Gasteiger partial charge on any atom is -0.171 e. The molecule has 4 heteroatoms. The van der Waals surface area contributed by atoms with Crippen molar-refractivity contribution in [3.05, 3.63) is 35.4 Å². The van der Waals surface area contributed by atoms with Gasteiger partial charge in [-0.05, 0) is 11.1 Å². The van der Waals surface area contributed by atoms with Crippen molar-refractivity contribution in [3.8, 4) is 0 Å². The normalized spacial score (nSPS) is 11.7. The molecule has 0 aliphatic rings. The largest absolute Gasteiger partial charge is 0.393 e. The third-order valence-corrected chi connectivity index (χ3v) is 2.23. The van der Waals surface area contributed by atoms with Crippen molar-refractivity contribution in [1.82, 2.24) is 0 Å². The summed E-state index contributed by atoms with van der Waals surface area (Å²) in [6, 6.07) is 6.39. The fourth-order valence-electron chi connectivity index (χ4n) is 0.978. The molecule has 0 bridgehead atoms. The Balaban J connectivity index is 2.70. The molecule has 0 fully saturated rings.